The lowest BCUT2D eigenvalue weighted by molar-refractivity contribution is 0.948. The van der Waals surface area contributed by atoms with Gasteiger partial charge in [-0.3, -0.25) is 0 Å². The van der Waals surface area contributed by atoms with Gasteiger partial charge in [-0.2, -0.15) is 4.98 Å². The number of hydrogen-bond acceptors (Lipinski definition) is 4. The monoisotopic (exact) mass is 354 g/mol. The SMILES string of the molecule is CCCNc1ncc(Br)c(NCc2ccccc2Cl)n1. The number of benzene rings is 1. The van der Waals surface area contributed by atoms with E-state index in [1.54, 1.807) is 6.20 Å². The highest BCUT2D eigenvalue weighted by Gasteiger charge is 2.05. The lowest BCUT2D eigenvalue weighted by Gasteiger charge is -2.10. The van der Waals surface area contributed by atoms with Crippen molar-refractivity contribution in [2.75, 3.05) is 17.2 Å². The van der Waals surface area contributed by atoms with Gasteiger partial charge in [0.2, 0.25) is 5.95 Å². The third-order valence-electron chi connectivity index (χ3n) is 2.68. The van der Waals surface area contributed by atoms with Crippen LogP contribution in [0.15, 0.2) is 34.9 Å². The van der Waals surface area contributed by atoms with E-state index in [1.807, 2.05) is 24.3 Å². The summed E-state index contributed by atoms with van der Waals surface area (Å²) in [6.45, 7) is 3.57. The average molecular weight is 356 g/mol. The van der Waals surface area contributed by atoms with Gasteiger partial charge in [-0.1, -0.05) is 36.7 Å². The first kappa shape index (κ1) is 15.1. The van der Waals surface area contributed by atoms with Crippen LogP contribution in [0.1, 0.15) is 18.9 Å². The zero-order valence-corrected chi connectivity index (χ0v) is 13.5. The van der Waals surface area contributed by atoms with E-state index in [-0.39, 0.29) is 0 Å². The molecule has 1 aromatic heterocycles. The molecule has 4 nitrogen and oxygen atoms in total. The van der Waals surface area contributed by atoms with E-state index in [4.69, 9.17) is 11.6 Å². The van der Waals surface area contributed by atoms with Gasteiger partial charge in [-0.05, 0) is 34.0 Å². The zero-order chi connectivity index (χ0) is 14.4. The van der Waals surface area contributed by atoms with Crippen LogP contribution in [0.2, 0.25) is 5.02 Å². The van der Waals surface area contributed by atoms with Gasteiger partial charge in [-0.25, -0.2) is 4.98 Å². The highest BCUT2D eigenvalue weighted by atomic mass is 79.9. The Morgan fingerprint density at radius 2 is 2.05 bits per heavy atom. The average Bonchev–Trinajstić information content (AvgIpc) is 2.46. The third-order valence-corrected chi connectivity index (χ3v) is 3.63. The van der Waals surface area contributed by atoms with Crippen LogP contribution in [0.5, 0.6) is 0 Å². The lowest BCUT2D eigenvalue weighted by Crippen LogP contribution is -2.08. The maximum absolute atomic E-state index is 6.13. The molecule has 106 valence electrons. The summed E-state index contributed by atoms with van der Waals surface area (Å²) in [4.78, 5) is 8.65. The summed E-state index contributed by atoms with van der Waals surface area (Å²) in [7, 11) is 0. The van der Waals surface area contributed by atoms with Gasteiger partial charge in [0.15, 0.2) is 0 Å². The summed E-state index contributed by atoms with van der Waals surface area (Å²) >= 11 is 9.58. The first-order valence-corrected chi connectivity index (χ1v) is 7.61. The maximum Gasteiger partial charge on any atom is 0.224 e. The van der Waals surface area contributed by atoms with Gasteiger partial charge in [0.1, 0.15) is 5.82 Å². The van der Waals surface area contributed by atoms with Crippen molar-refractivity contribution < 1.29 is 0 Å². The number of anilines is 2. The van der Waals surface area contributed by atoms with Crippen LogP contribution in [-0.2, 0) is 6.54 Å². The highest BCUT2D eigenvalue weighted by Crippen LogP contribution is 2.22. The van der Waals surface area contributed by atoms with E-state index in [0.717, 1.165) is 33.8 Å². The van der Waals surface area contributed by atoms with Gasteiger partial charge >= 0.3 is 0 Å². The molecule has 0 radical (unpaired) electrons. The van der Waals surface area contributed by atoms with Crippen molar-refractivity contribution in [2.45, 2.75) is 19.9 Å². The number of aromatic nitrogens is 2. The zero-order valence-electron chi connectivity index (χ0n) is 11.2. The van der Waals surface area contributed by atoms with E-state index >= 15 is 0 Å². The Kier molecular flexibility index (Phi) is 5.61. The third kappa shape index (κ3) is 4.08. The van der Waals surface area contributed by atoms with E-state index in [0.29, 0.717) is 12.5 Å². The number of hydrogen-bond donors (Lipinski definition) is 2. The Balaban J connectivity index is 2.07. The fourth-order valence-corrected chi connectivity index (χ4v) is 2.17. The highest BCUT2D eigenvalue weighted by molar-refractivity contribution is 9.10. The van der Waals surface area contributed by atoms with Gasteiger partial charge < -0.3 is 10.6 Å². The Labute approximate surface area is 132 Å². The normalized spacial score (nSPS) is 10.3. The fraction of sp³-hybridized carbons (Fsp3) is 0.286. The lowest BCUT2D eigenvalue weighted by atomic mass is 10.2. The summed E-state index contributed by atoms with van der Waals surface area (Å²) < 4.78 is 0.826. The molecule has 0 aliphatic heterocycles. The number of nitrogens with one attached hydrogen (secondary N) is 2. The molecule has 1 aromatic carbocycles. The Morgan fingerprint density at radius 1 is 1.25 bits per heavy atom. The summed E-state index contributed by atoms with van der Waals surface area (Å²) in [5, 5.41) is 7.17. The minimum absolute atomic E-state index is 0.614. The summed E-state index contributed by atoms with van der Waals surface area (Å²) in [5.74, 6) is 1.37. The molecule has 0 bridgehead atoms. The molecular weight excluding hydrogens is 340 g/mol. The second-order valence-corrected chi connectivity index (χ2v) is 5.52. The standard InChI is InChI=1S/C14H16BrClN4/c1-2-7-17-14-19-9-11(15)13(20-14)18-8-10-5-3-4-6-12(10)16/h3-6,9H,2,7-8H2,1H3,(H2,17,18,19,20). The molecule has 0 spiro atoms. The predicted molar refractivity (Wildman–Crippen MR) is 87.3 cm³/mol. The molecule has 0 aliphatic carbocycles. The maximum atomic E-state index is 6.13. The minimum Gasteiger partial charge on any atom is -0.365 e. The van der Waals surface area contributed by atoms with Gasteiger partial charge in [-0.15, -0.1) is 0 Å². The minimum atomic E-state index is 0.614. The van der Waals surface area contributed by atoms with Crippen molar-refractivity contribution in [1.29, 1.82) is 0 Å². The second kappa shape index (κ2) is 7.45. The molecule has 2 aromatic rings. The molecule has 0 atom stereocenters. The molecule has 0 saturated carbocycles. The molecule has 2 N–H and O–H groups in total. The topological polar surface area (TPSA) is 49.8 Å². The van der Waals surface area contributed by atoms with Crippen molar-refractivity contribution in [1.82, 2.24) is 9.97 Å². The summed E-state index contributed by atoms with van der Waals surface area (Å²) in [6.07, 6.45) is 2.77. The van der Waals surface area contributed by atoms with Crippen molar-refractivity contribution in [3.63, 3.8) is 0 Å². The molecule has 0 aliphatic rings. The fourth-order valence-electron chi connectivity index (χ4n) is 1.63. The molecule has 0 unspecified atom stereocenters. The first-order chi connectivity index (χ1) is 9.70. The summed E-state index contributed by atoms with van der Waals surface area (Å²) in [6, 6.07) is 7.74. The van der Waals surface area contributed by atoms with Gasteiger partial charge in [0, 0.05) is 24.3 Å². The first-order valence-electron chi connectivity index (χ1n) is 6.44. The van der Waals surface area contributed by atoms with Crippen LogP contribution in [0.3, 0.4) is 0 Å². The molecule has 2 rings (SSSR count). The Bertz CT molecular complexity index is 577. The van der Waals surface area contributed by atoms with Crippen LogP contribution in [0.25, 0.3) is 0 Å². The molecule has 1 heterocycles. The Hall–Kier alpha value is -1.33. The van der Waals surface area contributed by atoms with Gasteiger partial charge in [0.05, 0.1) is 4.47 Å². The molecule has 0 saturated heterocycles. The molecular formula is C14H16BrClN4. The summed E-state index contributed by atoms with van der Waals surface area (Å²) in [5.41, 5.74) is 1.03. The number of halogens is 2. The van der Waals surface area contributed by atoms with Crippen LogP contribution in [0, 0.1) is 0 Å². The van der Waals surface area contributed by atoms with Crippen LogP contribution < -0.4 is 10.6 Å². The Morgan fingerprint density at radius 3 is 2.80 bits per heavy atom. The van der Waals surface area contributed by atoms with Crippen molar-refractivity contribution in [3.05, 3.63) is 45.5 Å². The smallest absolute Gasteiger partial charge is 0.224 e. The number of nitrogens with zero attached hydrogens (tertiary/aromatic N) is 2. The van der Waals surface area contributed by atoms with Crippen LogP contribution >= 0.6 is 27.5 Å². The molecule has 0 amide bonds. The largest absolute Gasteiger partial charge is 0.365 e. The van der Waals surface area contributed by atoms with E-state index in [9.17, 15) is 0 Å². The van der Waals surface area contributed by atoms with Gasteiger partial charge in [0.25, 0.3) is 0 Å². The predicted octanol–water partition coefficient (Wildman–Crippen LogP) is 4.33. The number of rotatable bonds is 6. The molecule has 0 fully saturated rings. The van der Waals surface area contributed by atoms with Crippen molar-refractivity contribution >= 4 is 39.3 Å². The molecule has 6 heteroatoms. The van der Waals surface area contributed by atoms with E-state index in [1.165, 1.54) is 0 Å². The van der Waals surface area contributed by atoms with Crippen LogP contribution in [0.4, 0.5) is 11.8 Å². The van der Waals surface area contributed by atoms with Crippen molar-refractivity contribution in [2.24, 2.45) is 0 Å². The van der Waals surface area contributed by atoms with Crippen LogP contribution in [-0.4, -0.2) is 16.5 Å². The van der Waals surface area contributed by atoms with E-state index < -0.39 is 0 Å². The van der Waals surface area contributed by atoms with Crippen molar-refractivity contribution in [3.8, 4) is 0 Å². The second-order valence-electron chi connectivity index (χ2n) is 4.26. The van der Waals surface area contributed by atoms with E-state index in [2.05, 4.69) is 43.5 Å². The molecule has 20 heavy (non-hydrogen) atoms. The quantitative estimate of drug-likeness (QED) is 0.810.